The molecule has 2 heterocycles. The van der Waals surface area contributed by atoms with Gasteiger partial charge in [-0.3, -0.25) is 4.79 Å². The number of halogens is 4. The van der Waals surface area contributed by atoms with E-state index in [1.807, 2.05) is 0 Å². The second kappa shape index (κ2) is 8.68. The molecule has 1 aliphatic heterocycles. The van der Waals surface area contributed by atoms with E-state index in [-0.39, 0.29) is 33.8 Å². The van der Waals surface area contributed by atoms with Crippen molar-refractivity contribution in [3.8, 4) is 5.75 Å². The quantitative estimate of drug-likeness (QED) is 0.660. The van der Waals surface area contributed by atoms with Crippen molar-refractivity contribution in [2.45, 2.75) is 50.9 Å². The van der Waals surface area contributed by atoms with Gasteiger partial charge in [0, 0.05) is 11.6 Å². The average molecular weight is 464 g/mol. The molecule has 1 aromatic heterocycles. The lowest BCUT2D eigenvalue weighted by molar-refractivity contribution is -0.180. The third kappa shape index (κ3) is 4.70. The second-order valence-electron chi connectivity index (χ2n) is 7.39. The van der Waals surface area contributed by atoms with Crippen LogP contribution in [0.5, 0.6) is 5.75 Å². The van der Waals surface area contributed by atoms with E-state index in [0.29, 0.717) is 11.6 Å². The predicted molar refractivity (Wildman–Crippen MR) is 106 cm³/mol. The first-order valence-corrected chi connectivity index (χ1v) is 10.4. The van der Waals surface area contributed by atoms with E-state index in [2.05, 4.69) is 10.1 Å². The molecular formula is C19H21ClF3N3O3S. The minimum Gasteiger partial charge on any atom is -0.496 e. The van der Waals surface area contributed by atoms with Crippen LogP contribution in [0.1, 0.15) is 42.1 Å². The maximum Gasteiger partial charge on any atom is 0.400 e. The lowest BCUT2D eigenvalue weighted by Gasteiger charge is -2.24. The fourth-order valence-electron chi connectivity index (χ4n) is 2.86. The number of methoxy groups -OCH3 is 1. The van der Waals surface area contributed by atoms with Crippen molar-refractivity contribution in [2.75, 3.05) is 13.7 Å². The van der Waals surface area contributed by atoms with Gasteiger partial charge in [-0.2, -0.15) is 23.3 Å². The summed E-state index contributed by atoms with van der Waals surface area (Å²) in [5, 5.41) is 4.28. The van der Waals surface area contributed by atoms with Crippen molar-refractivity contribution in [3.05, 3.63) is 38.6 Å². The number of rotatable bonds is 5. The Kier molecular flexibility index (Phi) is 6.59. The van der Waals surface area contributed by atoms with Gasteiger partial charge in [0.2, 0.25) is 4.80 Å². The summed E-state index contributed by atoms with van der Waals surface area (Å²) in [6.45, 7) is 2.90. The molecule has 1 amide bonds. The summed E-state index contributed by atoms with van der Waals surface area (Å²) in [6, 6.07) is 4.49. The van der Waals surface area contributed by atoms with Crippen molar-refractivity contribution >= 4 is 28.8 Å². The van der Waals surface area contributed by atoms with Gasteiger partial charge in [-0.1, -0.05) is 22.9 Å². The number of amides is 1. The minimum atomic E-state index is -4.51. The van der Waals surface area contributed by atoms with Crippen LogP contribution in [0.4, 0.5) is 13.2 Å². The van der Waals surface area contributed by atoms with Crippen LogP contribution in [0.2, 0.25) is 5.02 Å². The molecule has 164 valence electrons. The lowest BCUT2D eigenvalue weighted by Crippen LogP contribution is -2.36. The molecule has 6 nitrogen and oxygen atoms in total. The topological polar surface area (TPSA) is 65.7 Å². The van der Waals surface area contributed by atoms with E-state index >= 15 is 0 Å². The van der Waals surface area contributed by atoms with Crippen LogP contribution in [-0.2, 0) is 16.7 Å². The summed E-state index contributed by atoms with van der Waals surface area (Å²) in [5.74, 6) is -0.422. The van der Waals surface area contributed by atoms with Crippen LogP contribution in [0.3, 0.4) is 0 Å². The van der Waals surface area contributed by atoms with E-state index in [1.54, 1.807) is 6.07 Å². The summed E-state index contributed by atoms with van der Waals surface area (Å²) in [5.41, 5.74) is -2.08. The molecule has 1 aliphatic rings. The Hall–Kier alpha value is -1.91. The highest BCUT2D eigenvalue weighted by Crippen LogP contribution is 2.40. The first kappa shape index (κ1) is 22.8. The number of carbonyl (C=O) groups is 1. The zero-order valence-corrected chi connectivity index (χ0v) is 18.2. The number of carbonyl (C=O) groups excluding carboxylic acids is 1. The summed E-state index contributed by atoms with van der Waals surface area (Å²) in [4.78, 5) is 16.9. The molecule has 0 unspecified atom stereocenters. The van der Waals surface area contributed by atoms with Gasteiger partial charge in [-0.05, 0) is 44.9 Å². The Morgan fingerprint density at radius 3 is 2.77 bits per heavy atom. The van der Waals surface area contributed by atoms with Crippen LogP contribution in [0, 0.1) is 0 Å². The van der Waals surface area contributed by atoms with E-state index in [9.17, 15) is 18.0 Å². The van der Waals surface area contributed by atoms with Gasteiger partial charge < -0.3 is 9.47 Å². The van der Waals surface area contributed by atoms with Crippen LogP contribution >= 0.6 is 22.9 Å². The third-order valence-electron chi connectivity index (χ3n) is 4.85. The smallest absolute Gasteiger partial charge is 0.400 e. The summed E-state index contributed by atoms with van der Waals surface area (Å²) in [6.07, 6.45) is -3.08. The van der Waals surface area contributed by atoms with Crippen LogP contribution in [0.25, 0.3) is 0 Å². The molecule has 11 heteroatoms. The monoisotopic (exact) mass is 463 g/mol. The average Bonchev–Trinajstić information content (AvgIpc) is 3.31. The highest BCUT2D eigenvalue weighted by atomic mass is 35.5. The molecule has 2 aromatic rings. The molecule has 1 saturated heterocycles. The first-order valence-electron chi connectivity index (χ1n) is 9.22. The second-order valence-corrected chi connectivity index (χ2v) is 8.78. The van der Waals surface area contributed by atoms with Gasteiger partial charge in [-0.15, -0.1) is 0 Å². The minimum absolute atomic E-state index is 0.0600. The Labute approximate surface area is 180 Å². The number of nitrogens with zero attached hydrogens (tertiary/aromatic N) is 3. The number of benzene rings is 1. The summed E-state index contributed by atoms with van der Waals surface area (Å²) in [7, 11) is 1.40. The largest absolute Gasteiger partial charge is 0.496 e. The molecule has 1 fully saturated rings. The van der Waals surface area contributed by atoms with Crippen molar-refractivity contribution in [2.24, 2.45) is 4.99 Å². The van der Waals surface area contributed by atoms with E-state index in [0.717, 1.165) is 38.0 Å². The van der Waals surface area contributed by atoms with Gasteiger partial charge >= 0.3 is 6.18 Å². The molecule has 0 radical (unpaired) electrons. The molecule has 0 bridgehead atoms. The van der Waals surface area contributed by atoms with Gasteiger partial charge in [0.1, 0.15) is 16.2 Å². The maximum absolute atomic E-state index is 13.5. The van der Waals surface area contributed by atoms with Gasteiger partial charge in [0.15, 0.2) is 0 Å². The SMILES string of the molecule is COc1ccc(Cl)cc1C(=O)N=c1sc(C(C)(C)C(F)(F)F)nn1C[C@H]1CCCO1. The Bertz CT molecular complexity index is 995. The number of ether oxygens (including phenoxy) is 2. The molecule has 30 heavy (non-hydrogen) atoms. The molecule has 0 saturated carbocycles. The van der Waals surface area contributed by atoms with Crippen molar-refractivity contribution in [1.29, 1.82) is 0 Å². The number of hydrogen-bond donors (Lipinski definition) is 0. The Morgan fingerprint density at radius 2 is 2.17 bits per heavy atom. The van der Waals surface area contributed by atoms with Crippen molar-refractivity contribution < 1.29 is 27.4 Å². The van der Waals surface area contributed by atoms with Crippen LogP contribution < -0.4 is 9.54 Å². The molecule has 0 N–H and O–H groups in total. The van der Waals surface area contributed by atoms with Gasteiger partial charge in [0.05, 0.1) is 25.3 Å². The number of aromatic nitrogens is 2. The molecule has 0 spiro atoms. The highest BCUT2D eigenvalue weighted by Gasteiger charge is 2.51. The standard InChI is InChI=1S/C19H21ClF3N3O3S/c1-18(2,19(21,22)23)16-25-26(10-12-5-4-8-29-12)17(30-16)24-15(27)13-9-11(20)6-7-14(13)28-3/h6-7,9,12H,4-5,8,10H2,1-3H3/t12-/m1/s1. The predicted octanol–water partition coefficient (Wildman–Crippen LogP) is 4.37. The van der Waals surface area contributed by atoms with E-state index < -0.39 is 17.5 Å². The molecular weight excluding hydrogens is 443 g/mol. The van der Waals surface area contributed by atoms with Crippen molar-refractivity contribution in [3.63, 3.8) is 0 Å². The number of hydrogen-bond acceptors (Lipinski definition) is 5. The van der Waals surface area contributed by atoms with E-state index in [1.165, 1.54) is 23.9 Å². The fourth-order valence-corrected chi connectivity index (χ4v) is 4.07. The normalized spacial score (nSPS) is 18.1. The molecule has 0 aliphatic carbocycles. The number of alkyl halides is 3. The highest BCUT2D eigenvalue weighted by molar-refractivity contribution is 7.09. The third-order valence-corrected chi connectivity index (χ3v) is 6.36. The summed E-state index contributed by atoms with van der Waals surface area (Å²) < 4.78 is 52.7. The Balaban J connectivity index is 2.07. The Morgan fingerprint density at radius 1 is 1.43 bits per heavy atom. The molecule has 1 atom stereocenters. The van der Waals surface area contributed by atoms with E-state index in [4.69, 9.17) is 21.1 Å². The zero-order valence-electron chi connectivity index (χ0n) is 16.6. The fraction of sp³-hybridized carbons (Fsp3) is 0.526. The molecule has 3 rings (SSSR count). The van der Waals surface area contributed by atoms with Crippen LogP contribution in [-0.4, -0.2) is 41.7 Å². The maximum atomic E-state index is 13.5. The first-order chi connectivity index (χ1) is 14.0. The lowest BCUT2D eigenvalue weighted by atomic mass is 9.94. The van der Waals surface area contributed by atoms with Gasteiger partial charge in [0.25, 0.3) is 5.91 Å². The molecule has 1 aromatic carbocycles. The van der Waals surface area contributed by atoms with Crippen molar-refractivity contribution in [1.82, 2.24) is 9.78 Å². The zero-order chi connectivity index (χ0) is 22.1. The van der Waals surface area contributed by atoms with Gasteiger partial charge in [-0.25, -0.2) is 4.68 Å². The van der Waals surface area contributed by atoms with Crippen LogP contribution in [0.15, 0.2) is 23.2 Å². The summed E-state index contributed by atoms with van der Waals surface area (Å²) >= 11 is 6.71.